The van der Waals surface area contributed by atoms with E-state index in [0.717, 1.165) is 18.4 Å². The van der Waals surface area contributed by atoms with E-state index < -0.39 is 5.41 Å². The van der Waals surface area contributed by atoms with Crippen molar-refractivity contribution in [2.45, 2.75) is 44.1 Å². The number of methoxy groups -OCH3 is 1. The fourth-order valence-corrected chi connectivity index (χ4v) is 3.81. The second-order valence-electron chi connectivity index (χ2n) is 7.15. The third kappa shape index (κ3) is 4.35. The Labute approximate surface area is 159 Å². The van der Waals surface area contributed by atoms with E-state index in [1.807, 2.05) is 25.1 Å². The Balaban J connectivity index is 1.69. The molecule has 1 unspecified atom stereocenters. The summed E-state index contributed by atoms with van der Waals surface area (Å²) in [6.07, 6.45) is 3.29. The molecule has 1 aromatic rings. The molecule has 1 N–H and O–H groups in total. The number of hydrogen-bond acceptors (Lipinski definition) is 6. The van der Waals surface area contributed by atoms with Crippen LogP contribution >= 0.6 is 0 Å². The fraction of sp³-hybridized carbons (Fsp3) is 0.600. The van der Waals surface area contributed by atoms with E-state index in [1.165, 1.54) is 0 Å². The van der Waals surface area contributed by atoms with Gasteiger partial charge in [-0.25, -0.2) is 0 Å². The Bertz CT molecular complexity index is 683. The minimum absolute atomic E-state index is 0.139. The number of carbonyl (C=O) groups excluding carboxylic acids is 2. The maximum atomic E-state index is 13.0. The first-order chi connectivity index (χ1) is 13.0. The average molecular weight is 377 g/mol. The normalized spacial score (nSPS) is 18.6. The number of nitrogens with one attached hydrogen (secondary N) is 1. The highest BCUT2D eigenvalue weighted by Crippen LogP contribution is 2.45. The van der Waals surface area contributed by atoms with Crippen molar-refractivity contribution in [3.8, 4) is 11.5 Å². The van der Waals surface area contributed by atoms with Gasteiger partial charge in [0.1, 0.15) is 13.2 Å². The summed E-state index contributed by atoms with van der Waals surface area (Å²) in [5.74, 6) is 0.663. The number of esters is 1. The first-order valence-electron chi connectivity index (χ1n) is 9.41. The zero-order chi connectivity index (χ0) is 19.3. The van der Waals surface area contributed by atoms with Crippen molar-refractivity contribution in [3.63, 3.8) is 0 Å². The van der Waals surface area contributed by atoms with E-state index in [1.54, 1.807) is 7.11 Å². The van der Waals surface area contributed by atoms with Crippen molar-refractivity contribution in [1.82, 2.24) is 5.32 Å². The summed E-state index contributed by atoms with van der Waals surface area (Å²) < 4.78 is 21.6. The molecule has 7 nitrogen and oxygen atoms in total. The second-order valence-corrected chi connectivity index (χ2v) is 7.15. The largest absolute Gasteiger partial charge is 0.486 e. The van der Waals surface area contributed by atoms with E-state index in [2.05, 4.69) is 5.32 Å². The summed E-state index contributed by atoms with van der Waals surface area (Å²) in [7, 11) is 1.57. The van der Waals surface area contributed by atoms with Gasteiger partial charge in [-0.1, -0.05) is 18.9 Å². The Kier molecular flexibility index (Phi) is 6.21. The molecule has 3 rings (SSSR count). The van der Waals surface area contributed by atoms with E-state index in [0.29, 0.717) is 44.2 Å². The van der Waals surface area contributed by atoms with Crippen LogP contribution in [0.25, 0.3) is 0 Å². The summed E-state index contributed by atoms with van der Waals surface area (Å²) in [6.45, 7) is 2.96. The first kappa shape index (κ1) is 19.5. The van der Waals surface area contributed by atoms with Crippen molar-refractivity contribution in [1.29, 1.82) is 0 Å². The lowest BCUT2D eigenvalue weighted by atomic mass is 9.78. The number of hydrogen-bond donors (Lipinski definition) is 1. The lowest BCUT2D eigenvalue weighted by Crippen LogP contribution is -2.41. The van der Waals surface area contributed by atoms with Gasteiger partial charge in [-0.2, -0.15) is 0 Å². The minimum Gasteiger partial charge on any atom is -0.486 e. The molecule has 7 heteroatoms. The summed E-state index contributed by atoms with van der Waals surface area (Å²) in [4.78, 5) is 25.0. The van der Waals surface area contributed by atoms with Gasteiger partial charge in [0.2, 0.25) is 0 Å². The zero-order valence-corrected chi connectivity index (χ0v) is 15.9. The van der Waals surface area contributed by atoms with Crippen molar-refractivity contribution in [2.24, 2.45) is 0 Å². The van der Waals surface area contributed by atoms with Gasteiger partial charge >= 0.3 is 5.97 Å². The molecular weight excluding hydrogens is 350 g/mol. The maximum Gasteiger partial charge on any atom is 0.317 e. The highest BCUT2D eigenvalue weighted by atomic mass is 16.6. The topological polar surface area (TPSA) is 83.1 Å². The Morgan fingerprint density at radius 2 is 1.89 bits per heavy atom. The van der Waals surface area contributed by atoms with Crippen molar-refractivity contribution in [3.05, 3.63) is 23.8 Å². The molecule has 1 atom stereocenters. The molecule has 1 amide bonds. The van der Waals surface area contributed by atoms with Crippen LogP contribution in [-0.4, -0.2) is 51.5 Å². The molecule has 0 radical (unpaired) electrons. The molecule has 27 heavy (non-hydrogen) atoms. The van der Waals surface area contributed by atoms with Crippen LogP contribution in [-0.2, 0) is 24.5 Å². The number of fused-ring (bicyclic) bond motifs is 1. The van der Waals surface area contributed by atoms with E-state index >= 15 is 0 Å². The van der Waals surface area contributed by atoms with Crippen LogP contribution in [0, 0.1) is 0 Å². The summed E-state index contributed by atoms with van der Waals surface area (Å²) >= 11 is 0. The lowest BCUT2D eigenvalue weighted by Gasteiger charge is -2.29. The molecule has 0 bridgehead atoms. The predicted octanol–water partition coefficient (Wildman–Crippen LogP) is 1.96. The van der Waals surface area contributed by atoms with Crippen LogP contribution in [0.15, 0.2) is 18.2 Å². The van der Waals surface area contributed by atoms with Crippen LogP contribution in [0.2, 0.25) is 0 Å². The molecule has 0 spiro atoms. The van der Waals surface area contributed by atoms with Gasteiger partial charge < -0.3 is 24.3 Å². The van der Waals surface area contributed by atoms with Gasteiger partial charge in [-0.05, 0) is 37.5 Å². The quantitative estimate of drug-likeness (QED) is 0.732. The van der Waals surface area contributed by atoms with Gasteiger partial charge in [0.15, 0.2) is 18.1 Å². The van der Waals surface area contributed by atoms with Crippen LogP contribution < -0.4 is 14.8 Å². The zero-order valence-electron chi connectivity index (χ0n) is 15.9. The second kappa shape index (κ2) is 8.61. The fourth-order valence-electron chi connectivity index (χ4n) is 3.81. The van der Waals surface area contributed by atoms with Gasteiger partial charge in [-0.3, -0.25) is 9.59 Å². The Morgan fingerprint density at radius 3 is 2.59 bits per heavy atom. The molecule has 0 aromatic heterocycles. The third-order valence-corrected chi connectivity index (χ3v) is 5.10. The number of ether oxygens (including phenoxy) is 4. The third-order valence-electron chi connectivity index (χ3n) is 5.10. The van der Waals surface area contributed by atoms with Crippen molar-refractivity contribution in [2.75, 3.05) is 33.5 Å². The van der Waals surface area contributed by atoms with E-state index in [9.17, 15) is 9.59 Å². The monoisotopic (exact) mass is 377 g/mol. The first-order valence-corrected chi connectivity index (χ1v) is 9.41. The highest BCUT2D eigenvalue weighted by Gasteiger charge is 2.45. The Hall–Kier alpha value is -2.28. The number of benzene rings is 1. The minimum atomic E-state index is -0.728. The molecule has 1 saturated carbocycles. The van der Waals surface area contributed by atoms with Crippen LogP contribution in [0.4, 0.5) is 0 Å². The molecule has 1 aromatic carbocycles. The summed E-state index contributed by atoms with van der Waals surface area (Å²) in [6, 6.07) is 5.48. The van der Waals surface area contributed by atoms with Crippen LogP contribution in [0.5, 0.6) is 11.5 Å². The molecule has 148 valence electrons. The standard InChI is InChI=1S/C20H27NO6/c1-14(12-24-2)21-18(22)13-27-19(23)20(7-3-4-8-20)15-5-6-16-17(11-15)26-10-9-25-16/h5-6,11,14H,3-4,7-10,12-13H2,1-2H3,(H,21,22). The lowest BCUT2D eigenvalue weighted by molar-refractivity contribution is -0.154. The smallest absolute Gasteiger partial charge is 0.317 e. The van der Waals surface area contributed by atoms with Gasteiger partial charge in [0.25, 0.3) is 5.91 Å². The van der Waals surface area contributed by atoms with E-state index in [4.69, 9.17) is 18.9 Å². The van der Waals surface area contributed by atoms with Gasteiger partial charge in [0, 0.05) is 13.2 Å². The molecule has 2 aliphatic rings. The average Bonchev–Trinajstić information content (AvgIpc) is 3.17. The molecule has 1 aliphatic heterocycles. The number of amides is 1. The van der Waals surface area contributed by atoms with Gasteiger partial charge in [0.05, 0.1) is 12.0 Å². The molecule has 1 fully saturated rings. The number of carbonyl (C=O) groups is 2. The molecular formula is C20H27NO6. The molecule has 1 aliphatic carbocycles. The van der Waals surface area contributed by atoms with Gasteiger partial charge in [-0.15, -0.1) is 0 Å². The predicted molar refractivity (Wildman–Crippen MR) is 98.0 cm³/mol. The van der Waals surface area contributed by atoms with Crippen molar-refractivity contribution < 1.29 is 28.5 Å². The SMILES string of the molecule is COCC(C)NC(=O)COC(=O)C1(c2ccc3c(c2)OCCO3)CCCC1. The Morgan fingerprint density at radius 1 is 1.19 bits per heavy atom. The van der Waals surface area contributed by atoms with E-state index in [-0.39, 0.29) is 24.5 Å². The van der Waals surface area contributed by atoms with Crippen LogP contribution in [0.3, 0.4) is 0 Å². The van der Waals surface area contributed by atoms with Crippen molar-refractivity contribution >= 4 is 11.9 Å². The maximum absolute atomic E-state index is 13.0. The summed E-state index contributed by atoms with van der Waals surface area (Å²) in [5.41, 5.74) is 0.135. The highest BCUT2D eigenvalue weighted by molar-refractivity contribution is 5.87. The summed E-state index contributed by atoms with van der Waals surface area (Å²) in [5, 5.41) is 2.74. The number of rotatable bonds is 7. The molecule has 0 saturated heterocycles. The van der Waals surface area contributed by atoms with Crippen LogP contribution in [0.1, 0.15) is 38.2 Å². The molecule has 1 heterocycles.